The number of rotatable bonds is 4. The van der Waals surface area contributed by atoms with E-state index in [1.54, 1.807) is 31.9 Å². The van der Waals surface area contributed by atoms with Crippen molar-refractivity contribution in [1.29, 1.82) is 5.26 Å². The fourth-order valence-corrected chi connectivity index (χ4v) is 4.45. The second-order valence-corrected chi connectivity index (χ2v) is 7.54. The van der Waals surface area contributed by atoms with Crippen LogP contribution in [0.3, 0.4) is 0 Å². The fraction of sp³-hybridized carbons (Fsp3) is 0.278. The predicted octanol–water partition coefficient (Wildman–Crippen LogP) is 3.41. The average Bonchev–Trinajstić information content (AvgIpc) is 2.96. The van der Waals surface area contributed by atoms with Crippen LogP contribution >= 0.6 is 27.7 Å². The lowest BCUT2D eigenvalue weighted by atomic mass is 9.94. The van der Waals surface area contributed by atoms with Crippen molar-refractivity contribution < 1.29 is 14.3 Å². The number of benzene rings is 1. The number of fused-ring (bicyclic) bond motifs is 1. The predicted molar refractivity (Wildman–Crippen MR) is 106 cm³/mol. The van der Waals surface area contributed by atoms with E-state index in [0.29, 0.717) is 27.1 Å². The van der Waals surface area contributed by atoms with E-state index in [-0.39, 0.29) is 12.4 Å². The fourth-order valence-electron chi connectivity index (χ4n) is 2.98. The Hall–Kier alpha value is -2.44. The molecule has 0 fully saturated rings. The maximum Gasteiger partial charge on any atom is 0.338 e. The molecular weight excluding hydrogens is 432 g/mol. The number of nitriles is 1. The highest BCUT2D eigenvalue weighted by molar-refractivity contribution is 9.10. The summed E-state index contributed by atoms with van der Waals surface area (Å²) >= 11 is 4.67. The highest BCUT2D eigenvalue weighted by Gasteiger charge is 2.42. The molecule has 9 heteroatoms. The van der Waals surface area contributed by atoms with Crippen LogP contribution in [0.1, 0.15) is 25.5 Å². The van der Waals surface area contributed by atoms with Crippen LogP contribution in [0.15, 0.2) is 49.7 Å². The van der Waals surface area contributed by atoms with Crippen molar-refractivity contribution >= 4 is 38.8 Å². The van der Waals surface area contributed by atoms with Crippen LogP contribution in [-0.4, -0.2) is 29.8 Å². The molecule has 0 saturated heterocycles. The summed E-state index contributed by atoms with van der Waals surface area (Å²) in [7, 11) is 1.58. The largest absolute Gasteiger partial charge is 0.496 e. The Balaban J connectivity index is 2.19. The Morgan fingerprint density at radius 3 is 2.85 bits per heavy atom. The van der Waals surface area contributed by atoms with Crippen LogP contribution < -0.4 is 10.5 Å². The molecule has 0 spiro atoms. The lowest BCUT2D eigenvalue weighted by Gasteiger charge is -2.35. The van der Waals surface area contributed by atoms with Crippen molar-refractivity contribution in [2.75, 3.05) is 13.7 Å². The highest BCUT2D eigenvalue weighted by atomic mass is 79.9. The number of ether oxygens (including phenoxy) is 2. The van der Waals surface area contributed by atoms with Gasteiger partial charge in [0.2, 0.25) is 0 Å². The second kappa shape index (κ2) is 7.66. The van der Waals surface area contributed by atoms with Crippen molar-refractivity contribution in [2.24, 2.45) is 10.7 Å². The van der Waals surface area contributed by atoms with E-state index in [0.717, 1.165) is 10.0 Å². The van der Waals surface area contributed by atoms with Gasteiger partial charge in [0.1, 0.15) is 22.5 Å². The van der Waals surface area contributed by atoms with Gasteiger partial charge in [0.15, 0.2) is 5.17 Å². The third-order valence-electron chi connectivity index (χ3n) is 4.16. The van der Waals surface area contributed by atoms with E-state index in [9.17, 15) is 10.1 Å². The maximum atomic E-state index is 12.7. The Kier molecular flexibility index (Phi) is 5.48. The van der Waals surface area contributed by atoms with Gasteiger partial charge in [-0.1, -0.05) is 6.07 Å². The lowest BCUT2D eigenvalue weighted by molar-refractivity contribution is -0.139. The number of hydrogen-bond acceptors (Lipinski definition) is 8. The van der Waals surface area contributed by atoms with Gasteiger partial charge < -0.3 is 15.2 Å². The number of esters is 1. The van der Waals surface area contributed by atoms with E-state index < -0.39 is 12.0 Å². The molecule has 0 aliphatic carbocycles. The molecule has 140 valence electrons. The first-order valence-electron chi connectivity index (χ1n) is 8.09. The number of nitrogens with two attached hydrogens (primary N) is 1. The molecular formula is C18H17BrN4O3S. The maximum absolute atomic E-state index is 12.7. The molecule has 27 heavy (non-hydrogen) atoms. The van der Waals surface area contributed by atoms with Crippen LogP contribution in [0.25, 0.3) is 0 Å². The Morgan fingerprint density at radius 1 is 1.52 bits per heavy atom. The summed E-state index contributed by atoms with van der Waals surface area (Å²) in [5.74, 6) is 0.476. The Labute approximate surface area is 169 Å². The monoisotopic (exact) mass is 448 g/mol. The summed E-state index contributed by atoms with van der Waals surface area (Å²) in [6.07, 6.45) is 0. The van der Waals surface area contributed by atoms with Crippen molar-refractivity contribution in [3.05, 3.63) is 50.2 Å². The third kappa shape index (κ3) is 3.31. The van der Waals surface area contributed by atoms with Gasteiger partial charge in [-0.05, 0) is 59.2 Å². The number of methoxy groups -OCH3 is 1. The molecule has 2 aliphatic heterocycles. The van der Waals surface area contributed by atoms with Crippen molar-refractivity contribution in [3.63, 3.8) is 0 Å². The highest BCUT2D eigenvalue weighted by Crippen LogP contribution is 2.46. The minimum absolute atomic E-state index is 0.245. The Bertz CT molecular complexity index is 948. The zero-order chi connectivity index (χ0) is 19.7. The second-order valence-electron chi connectivity index (χ2n) is 5.71. The summed E-state index contributed by atoms with van der Waals surface area (Å²) in [4.78, 5) is 19.2. The van der Waals surface area contributed by atoms with Crippen molar-refractivity contribution in [3.8, 4) is 11.8 Å². The molecule has 0 bridgehead atoms. The molecule has 0 amide bonds. The van der Waals surface area contributed by atoms with E-state index in [2.05, 4.69) is 27.0 Å². The van der Waals surface area contributed by atoms with Gasteiger partial charge in [-0.25, -0.2) is 9.79 Å². The normalized spacial score (nSPS) is 18.9. The van der Waals surface area contributed by atoms with Crippen molar-refractivity contribution in [2.45, 2.75) is 19.9 Å². The van der Waals surface area contributed by atoms with Crippen LogP contribution in [0, 0.1) is 11.3 Å². The molecule has 0 saturated carbocycles. The molecule has 0 unspecified atom stereocenters. The molecule has 3 rings (SSSR count). The van der Waals surface area contributed by atoms with Crippen LogP contribution in [-0.2, 0) is 9.53 Å². The number of amidine groups is 1. The van der Waals surface area contributed by atoms with E-state index in [1.807, 2.05) is 12.1 Å². The number of allylic oxidation sites excluding steroid dienone is 2. The smallest absolute Gasteiger partial charge is 0.338 e. The standard InChI is InChI=1S/C18H17BrN4O3S/c1-4-26-17(24)14-9(2)22-18-23(16(21)13(8-20)27-18)15(14)10-5-6-12(25-3)11(19)7-10/h5-7,15H,4,21H2,1-3H3/t15-/m0/s1. The molecule has 2 aliphatic rings. The number of carbonyl (C=O) groups is 1. The van der Waals surface area contributed by atoms with Gasteiger partial charge in [-0.15, -0.1) is 0 Å². The molecule has 1 atom stereocenters. The average molecular weight is 449 g/mol. The summed E-state index contributed by atoms with van der Waals surface area (Å²) in [6, 6.07) is 7.05. The van der Waals surface area contributed by atoms with Gasteiger partial charge in [-0.2, -0.15) is 5.26 Å². The van der Waals surface area contributed by atoms with Crippen LogP contribution in [0.2, 0.25) is 0 Å². The van der Waals surface area contributed by atoms with Gasteiger partial charge in [-0.3, -0.25) is 4.90 Å². The molecule has 2 heterocycles. The lowest BCUT2D eigenvalue weighted by Crippen LogP contribution is -2.38. The molecule has 2 N–H and O–H groups in total. The summed E-state index contributed by atoms with van der Waals surface area (Å²) in [5.41, 5.74) is 7.94. The summed E-state index contributed by atoms with van der Waals surface area (Å²) in [6.45, 7) is 3.75. The van der Waals surface area contributed by atoms with E-state index >= 15 is 0 Å². The quantitative estimate of drug-likeness (QED) is 0.703. The number of halogens is 1. The van der Waals surface area contributed by atoms with Crippen LogP contribution in [0.5, 0.6) is 5.75 Å². The van der Waals surface area contributed by atoms with Gasteiger partial charge in [0, 0.05) is 0 Å². The van der Waals surface area contributed by atoms with E-state index in [1.165, 1.54) is 11.8 Å². The van der Waals surface area contributed by atoms with Gasteiger partial charge in [0.25, 0.3) is 0 Å². The third-order valence-corrected chi connectivity index (χ3v) is 5.76. The molecule has 7 nitrogen and oxygen atoms in total. The summed E-state index contributed by atoms with van der Waals surface area (Å²) < 4.78 is 11.3. The topological polar surface area (TPSA) is 101 Å². The molecule has 0 aromatic heterocycles. The van der Waals surface area contributed by atoms with Crippen LogP contribution in [0.4, 0.5) is 0 Å². The molecule has 0 radical (unpaired) electrons. The zero-order valence-electron chi connectivity index (χ0n) is 14.9. The first-order chi connectivity index (χ1) is 12.9. The number of thioether (sulfide) groups is 1. The number of aliphatic imine (C=N–C) groups is 1. The number of hydrogen-bond donors (Lipinski definition) is 1. The number of nitrogens with zero attached hydrogens (tertiary/aromatic N) is 3. The SMILES string of the molecule is CCOC(=O)C1=C(C)N=C2SC(C#N)=C(N)N2[C@H]1c1ccc(OC)c(Br)c1. The molecule has 1 aromatic carbocycles. The molecule has 1 aromatic rings. The summed E-state index contributed by atoms with van der Waals surface area (Å²) in [5, 5.41) is 9.92. The minimum atomic E-state index is -0.558. The minimum Gasteiger partial charge on any atom is -0.496 e. The Morgan fingerprint density at radius 2 is 2.26 bits per heavy atom. The van der Waals surface area contributed by atoms with Gasteiger partial charge in [0.05, 0.1) is 35.5 Å². The first kappa shape index (κ1) is 19.3. The van der Waals surface area contributed by atoms with Gasteiger partial charge >= 0.3 is 5.97 Å². The first-order valence-corrected chi connectivity index (χ1v) is 9.70. The number of carbonyl (C=O) groups excluding carboxylic acids is 1. The van der Waals surface area contributed by atoms with Crippen molar-refractivity contribution in [1.82, 2.24) is 4.90 Å². The zero-order valence-corrected chi connectivity index (χ0v) is 17.3. The van der Waals surface area contributed by atoms with E-state index in [4.69, 9.17) is 15.2 Å².